The van der Waals surface area contributed by atoms with E-state index in [-0.39, 0.29) is 22.5 Å². The van der Waals surface area contributed by atoms with Crippen LogP contribution in [-0.2, 0) is 25.8 Å². The zero-order valence-corrected chi connectivity index (χ0v) is 44.5. The number of carboxylic acid groups (broad SMARTS) is 1. The van der Waals surface area contributed by atoms with Gasteiger partial charge in [0.15, 0.2) is 16.0 Å². The first-order valence-electron chi connectivity index (χ1n) is 24.4. The van der Waals surface area contributed by atoms with E-state index < -0.39 is 11.4 Å². The van der Waals surface area contributed by atoms with Crippen molar-refractivity contribution < 1.29 is 14.7 Å². The molecule has 0 bridgehead atoms. The summed E-state index contributed by atoms with van der Waals surface area (Å²) < 4.78 is 0. The van der Waals surface area contributed by atoms with E-state index >= 15 is 0 Å². The van der Waals surface area contributed by atoms with Gasteiger partial charge in [0.1, 0.15) is 0 Å². The van der Waals surface area contributed by atoms with Crippen molar-refractivity contribution in [2.75, 3.05) is 77.2 Å². The predicted molar refractivity (Wildman–Crippen MR) is 289 cm³/mol. The fourth-order valence-corrected chi connectivity index (χ4v) is 12.4. The van der Waals surface area contributed by atoms with Crippen molar-refractivity contribution in [2.45, 2.75) is 113 Å². The number of rotatable bonds is 8. The summed E-state index contributed by atoms with van der Waals surface area (Å²) in [6.07, 6.45) is 16.2. The van der Waals surface area contributed by atoms with Gasteiger partial charge in [-0.3, -0.25) is 9.59 Å². The van der Waals surface area contributed by atoms with Crippen LogP contribution in [0.25, 0.3) is 0 Å². The number of anilines is 1. The number of nitrogens with two attached hydrogens (primary N) is 1. The van der Waals surface area contributed by atoms with E-state index in [4.69, 9.17) is 69.3 Å². The fraction of sp³-hybridized carbons (Fsp3) is 0.547. The molecule has 3 saturated carbocycles. The van der Waals surface area contributed by atoms with E-state index in [1.54, 1.807) is 12.1 Å². The van der Waals surface area contributed by atoms with Gasteiger partial charge < -0.3 is 30.4 Å². The highest BCUT2D eigenvalue weighted by Crippen LogP contribution is 2.46. The van der Waals surface area contributed by atoms with E-state index in [2.05, 4.69) is 46.3 Å². The molecule has 68 heavy (non-hydrogen) atoms. The third-order valence-electron chi connectivity index (χ3n) is 14.9. The molecule has 0 amide bonds. The van der Waals surface area contributed by atoms with Crippen LogP contribution in [0.3, 0.4) is 0 Å². The number of Topliss-reactive ketones (excluding diaryl/α,β-unsaturated/α-hetero) is 1. The third kappa shape index (κ3) is 13.9. The molecule has 5 aliphatic rings. The predicted octanol–water partition coefficient (Wildman–Crippen LogP) is 12.3. The van der Waals surface area contributed by atoms with Crippen LogP contribution in [0.1, 0.15) is 119 Å². The van der Waals surface area contributed by atoms with Gasteiger partial charge in [-0.15, -0.1) is 22.9 Å². The van der Waals surface area contributed by atoms with Crippen molar-refractivity contribution in [3.63, 3.8) is 0 Å². The summed E-state index contributed by atoms with van der Waals surface area (Å²) in [6, 6.07) is 23.4. The lowest BCUT2D eigenvalue weighted by Gasteiger charge is -2.37. The minimum absolute atomic E-state index is 0.0736. The van der Waals surface area contributed by atoms with E-state index in [0.717, 1.165) is 126 Å². The molecule has 2 aliphatic heterocycles. The zero-order valence-electron chi connectivity index (χ0n) is 39.9. The Morgan fingerprint density at radius 3 is 1.44 bits per heavy atom. The maximum Gasteiger partial charge on any atom is 0.314 e. The summed E-state index contributed by atoms with van der Waals surface area (Å²) in [5.74, 6) is -0.446. The quantitative estimate of drug-likeness (QED) is 0.131. The maximum atomic E-state index is 12.2. The van der Waals surface area contributed by atoms with Gasteiger partial charge in [0.05, 0.1) is 22.4 Å². The van der Waals surface area contributed by atoms with Crippen LogP contribution >= 0.6 is 70.0 Å². The summed E-state index contributed by atoms with van der Waals surface area (Å²) in [7, 11) is 4.30. The van der Waals surface area contributed by atoms with Crippen molar-refractivity contribution in [1.29, 1.82) is 0 Å². The number of alkyl halides is 1. The van der Waals surface area contributed by atoms with Crippen LogP contribution in [-0.4, -0.2) is 114 Å². The Morgan fingerprint density at radius 1 is 0.618 bits per heavy atom. The van der Waals surface area contributed by atoms with Gasteiger partial charge in [-0.05, 0) is 118 Å². The molecule has 4 aromatic rings. The molecule has 0 spiro atoms. The molecule has 2 saturated heterocycles. The molecule has 9 rings (SSSR count). The smallest absolute Gasteiger partial charge is 0.314 e. The third-order valence-corrected chi connectivity index (χ3v) is 17.1. The monoisotopic (exact) mass is 1040 g/mol. The lowest BCUT2D eigenvalue weighted by Crippen LogP contribution is -2.48. The Hall–Kier alpha value is -3.00. The van der Waals surface area contributed by atoms with Crippen molar-refractivity contribution in [3.05, 3.63) is 116 Å². The molecule has 3 aliphatic carbocycles. The van der Waals surface area contributed by atoms with Gasteiger partial charge in [-0.2, -0.15) is 0 Å². The number of benzene rings is 3. The van der Waals surface area contributed by atoms with E-state index in [1.165, 1.54) is 54.9 Å². The number of carboxylic acids is 1. The van der Waals surface area contributed by atoms with Crippen molar-refractivity contribution >= 4 is 92.0 Å². The van der Waals surface area contributed by atoms with Crippen LogP contribution < -0.4 is 10.6 Å². The Balaban J connectivity index is 0.000000157. The average molecular weight is 1050 g/mol. The van der Waals surface area contributed by atoms with Gasteiger partial charge in [0.25, 0.3) is 0 Å². The standard InChI is InChI=1S/C20H26ClN3S.C14H16Cl2O.C13H15ClO2.C6H13N3S/c1-23-11-13-24(14-12-23)19-22-18(15-25-19)20(9-3-2-4-10-20)16-5-7-17(21)8-6-16;15-10-13(17)14(8-2-1-3-9-14)11-4-6-12(16)7-5-11;14-11-6-4-10(5-7-11)13(12(15)16)8-2-1-3-9-13;1-8-2-4-9(5-3-8)6(7)10/h5-8,15H,2-4,9-14H2,1H3;4-7H,1-3,8-10H2;4-7H,1-3,8-9H2,(H,15,16);2-5H2,1H3,(H2,7,10). The van der Waals surface area contributed by atoms with Gasteiger partial charge in [0, 0.05) is 78.2 Å². The fourth-order valence-electron chi connectivity index (χ4n) is 10.6. The molecule has 3 heterocycles. The molecule has 0 unspecified atom stereocenters. The highest BCUT2D eigenvalue weighted by molar-refractivity contribution is 7.80. The summed E-state index contributed by atoms with van der Waals surface area (Å²) >= 11 is 30.3. The largest absolute Gasteiger partial charge is 0.481 e. The Morgan fingerprint density at radius 2 is 1.01 bits per heavy atom. The number of carbonyl (C=O) groups excluding carboxylic acids is 1. The molecule has 0 radical (unpaired) electrons. The Kier molecular flexibility index (Phi) is 20.7. The van der Waals surface area contributed by atoms with Crippen LogP contribution in [0.4, 0.5) is 5.13 Å². The van der Waals surface area contributed by atoms with Crippen LogP contribution in [0.5, 0.6) is 0 Å². The van der Waals surface area contributed by atoms with E-state index in [0.29, 0.717) is 15.2 Å². The van der Waals surface area contributed by atoms with Crippen LogP contribution in [0.15, 0.2) is 78.2 Å². The summed E-state index contributed by atoms with van der Waals surface area (Å²) in [6.45, 7) is 8.50. The number of thiocarbonyl (C=S) groups is 1. The second-order valence-corrected chi connectivity index (χ2v) is 22.1. The summed E-state index contributed by atoms with van der Waals surface area (Å²) in [5.41, 5.74) is 9.11. The zero-order chi connectivity index (χ0) is 48.7. The molecule has 1 aromatic heterocycles. The molecular weight excluding hydrogens is 975 g/mol. The number of ketones is 1. The second kappa shape index (κ2) is 25.9. The minimum atomic E-state index is -0.700. The summed E-state index contributed by atoms with van der Waals surface area (Å²) in [5, 5.41) is 15.7. The van der Waals surface area contributed by atoms with Gasteiger partial charge in [-0.1, -0.05) is 129 Å². The number of carbonyl (C=O) groups is 2. The van der Waals surface area contributed by atoms with E-state index in [1.807, 2.05) is 64.8 Å². The van der Waals surface area contributed by atoms with Crippen LogP contribution in [0, 0.1) is 0 Å². The number of likely N-dealkylation sites (N-methyl/N-ethyl adjacent to an activating group) is 2. The number of hydrogen-bond donors (Lipinski definition) is 2. The number of nitrogens with zero attached hydrogens (tertiary/aromatic N) is 5. The van der Waals surface area contributed by atoms with Gasteiger partial charge in [-0.25, -0.2) is 4.98 Å². The van der Waals surface area contributed by atoms with Crippen molar-refractivity contribution in [2.24, 2.45) is 5.73 Å². The molecule has 3 N–H and O–H groups in total. The number of aromatic nitrogens is 1. The van der Waals surface area contributed by atoms with Crippen LogP contribution in [0.2, 0.25) is 15.1 Å². The first-order chi connectivity index (χ1) is 32.7. The highest BCUT2D eigenvalue weighted by atomic mass is 35.5. The molecule has 0 atom stereocenters. The lowest BCUT2D eigenvalue weighted by molar-refractivity contribution is -0.145. The first-order valence-corrected chi connectivity index (χ1v) is 27.4. The van der Waals surface area contributed by atoms with Gasteiger partial charge >= 0.3 is 5.97 Å². The molecular formula is C53H70Cl4N6O3S2. The minimum Gasteiger partial charge on any atom is -0.481 e. The first kappa shape index (κ1) is 54.3. The summed E-state index contributed by atoms with van der Waals surface area (Å²) in [4.78, 5) is 38.0. The Labute approximate surface area is 434 Å². The SMILES string of the molecule is CN1CCN(C(N)=S)CC1.CN1CCN(c2nc(C3(c4ccc(Cl)cc4)CCCCC3)cs2)CC1.O=C(CCl)C1(c2ccc(Cl)cc2)CCCCC1.O=C(O)C1(c2ccc(Cl)cc2)CCCCC1. The second-order valence-electron chi connectivity index (χ2n) is 19.2. The number of aliphatic carboxylic acids is 1. The normalized spacial score (nSPS) is 20.3. The molecule has 5 fully saturated rings. The average Bonchev–Trinajstić information content (AvgIpc) is 3.87. The number of thiazole rings is 1. The number of piperazine rings is 2. The molecule has 370 valence electrons. The number of halogens is 4. The Bertz CT molecular complexity index is 2190. The van der Waals surface area contributed by atoms with Crippen molar-refractivity contribution in [1.82, 2.24) is 19.7 Å². The van der Waals surface area contributed by atoms with E-state index in [9.17, 15) is 14.7 Å². The molecule has 9 nitrogen and oxygen atoms in total. The lowest BCUT2D eigenvalue weighted by atomic mass is 9.67. The van der Waals surface area contributed by atoms with Gasteiger partial charge in [0.2, 0.25) is 0 Å². The molecule has 3 aromatic carbocycles. The van der Waals surface area contributed by atoms with Crippen molar-refractivity contribution in [3.8, 4) is 0 Å². The number of hydrogen-bond acceptors (Lipinski definition) is 8. The topological polar surface area (TPSA) is 106 Å². The highest BCUT2D eigenvalue weighted by Gasteiger charge is 2.42. The maximum absolute atomic E-state index is 12.2. The molecule has 15 heteroatoms.